The molecule has 0 heterocycles. The molecule has 3 heteroatoms. The van der Waals surface area contributed by atoms with Gasteiger partial charge in [0, 0.05) is 19.2 Å². The first-order valence-electron chi connectivity index (χ1n) is 6.39. The summed E-state index contributed by atoms with van der Waals surface area (Å²) in [4.78, 5) is 13.6. The van der Waals surface area contributed by atoms with Gasteiger partial charge in [-0.15, -0.1) is 0 Å². The maximum atomic E-state index is 11.9. The zero-order valence-electron chi connectivity index (χ0n) is 11.3. The lowest BCUT2D eigenvalue weighted by Crippen LogP contribution is -2.31. The van der Waals surface area contributed by atoms with Crippen LogP contribution in [0.1, 0.15) is 6.92 Å². The van der Waals surface area contributed by atoms with Crippen molar-refractivity contribution >= 4 is 11.7 Å². The van der Waals surface area contributed by atoms with Crippen molar-refractivity contribution in [1.29, 1.82) is 0 Å². The Hall–Kier alpha value is -2.29. The minimum atomic E-state index is -0.0918. The van der Waals surface area contributed by atoms with E-state index in [1.807, 2.05) is 61.5 Å². The monoisotopic (exact) mass is 254 g/mol. The number of carbonyl (C=O) groups excluding carboxylic acids is 1. The number of rotatable bonds is 3. The van der Waals surface area contributed by atoms with Crippen LogP contribution in [0.5, 0.6) is 0 Å². The molecule has 0 atom stereocenters. The van der Waals surface area contributed by atoms with Gasteiger partial charge < -0.3 is 10.2 Å². The van der Waals surface area contributed by atoms with Crippen molar-refractivity contribution in [1.82, 2.24) is 4.90 Å². The fourth-order valence-corrected chi connectivity index (χ4v) is 1.82. The lowest BCUT2D eigenvalue weighted by molar-refractivity contribution is 0.224. The average molecular weight is 254 g/mol. The summed E-state index contributed by atoms with van der Waals surface area (Å²) in [5.41, 5.74) is 2.96. The molecule has 2 aromatic rings. The second kappa shape index (κ2) is 6.05. The van der Waals surface area contributed by atoms with Gasteiger partial charge in [0.05, 0.1) is 5.69 Å². The van der Waals surface area contributed by atoms with E-state index in [-0.39, 0.29) is 6.03 Å². The molecule has 2 aromatic carbocycles. The average Bonchev–Trinajstić information content (AvgIpc) is 2.47. The molecule has 2 amide bonds. The standard InChI is InChI=1S/C16H18N2O/c1-3-18(2)16(19)17-15-12-8-7-11-14(15)13-9-5-4-6-10-13/h4-12H,3H2,1-2H3,(H,17,19). The summed E-state index contributed by atoms with van der Waals surface area (Å²) in [5.74, 6) is 0. The van der Waals surface area contributed by atoms with E-state index in [1.165, 1.54) is 0 Å². The molecule has 0 saturated heterocycles. The van der Waals surface area contributed by atoms with E-state index in [0.717, 1.165) is 16.8 Å². The quantitative estimate of drug-likeness (QED) is 0.886. The van der Waals surface area contributed by atoms with Crippen LogP contribution >= 0.6 is 0 Å². The van der Waals surface area contributed by atoms with Crippen LogP contribution in [0.4, 0.5) is 10.5 Å². The number of nitrogens with zero attached hydrogens (tertiary/aromatic N) is 1. The first-order valence-corrected chi connectivity index (χ1v) is 6.39. The van der Waals surface area contributed by atoms with Crippen molar-refractivity contribution in [3.8, 4) is 11.1 Å². The molecule has 1 N–H and O–H groups in total. The Balaban J connectivity index is 2.30. The molecular formula is C16H18N2O. The van der Waals surface area contributed by atoms with Crippen molar-refractivity contribution in [2.75, 3.05) is 18.9 Å². The molecule has 0 spiro atoms. The van der Waals surface area contributed by atoms with Crippen molar-refractivity contribution in [2.45, 2.75) is 6.92 Å². The number of hydrogen-bond acceptors (Lipinski definition) is 1. The van der Waals surface area contributed by atoms with Gasteiger partial charge in [0.15, 0.2) is 0 Å². The first-order chi connectivity index (χ1) is 9.22. The molecule has 0 bridgehead atoms. The second-order valence-corrected chi connectivity index (χ2v) is 4.36. The molecule has 0 unspecified atom stereocenters. The smallest absolute Gasteiger partial charge is 0.321 e. The molecule has 19 heavy (non-hydrogen) atoms. The normalized spacial score (nSPS) is 10.0. The van der Waals surface area contributed by atoms with Crippen LogP contribution in [-0.2, 0) is 0 Å². The van der Waals surface area contributed by atoms with E-state index in [4.69, 9.17) is 0 Å². The van der Waals surface area contributed by atoms with Gasteiger partial charge in [-0.3, -0.25) is 0 Å². The van der Waals surface area contributed by atoms with Crippen LogP contribution in [0.3, 0.4) is 0 Å². The fourth-order valence-electron chi connectivity index (χ4n) is 1.82. The summed E-state index contributed by atoms with van der Waals surface area (Å²) in [6.07, 6.45) is 0. The largest absolute Gasteiger partial charge is 0.328 e. The molecule has 0 aliphatic carbocycles. The second-order valence-electron chi connectivity index (χ2n) is 4.36. The summed E-state index contributed by atoms with van der Waals surface area (Å²) in [5, 5.41) is 2.95. The highest BCUT2D eigenvalue weighted by molar-refractivity contribution is 5.94. The van der Waals surface area contributed by atoms with Gasteiger partial charge in [0.2, 0.25) is 0 Å². The van der Waals surface area contributed by atoms with Crippen molar-refractivity contribution < 1.29 is 4.79 Å². The van der Waals surface area contributed by atoms with E-state index in [2.05, 4.69) is 5.32 Å². The van der Waals surface area contributed by atoms with Crippen LogP contribution in [0.15, 0.2) is 54.6 Å². The number of hydrogen-bond donors (Lipinski definition) is 1. The molecule has 3 nitrogen and oxygen atoms in total. The number of benzene rings is 2. The molecule has 2 rings (SSSR count). The molecule has 98 valence electrons. The highest BCUT2D eigenvalue weighted by atomic mass is 16.2. The number of para-hydroxylation sites is 1. The number of anilines is 1. The highest BCUT2D eigenvalue weighted by Crippen LogP contribution is 2.27. The molecule has 0 radical (unpaired) electrons. The fraction of sp³-hybridized carbons (Fsp3) is 0.188. The van der Waals surface area contributed by atoms with Gasteiger partial charge in [-0.2, -0.15) is 0 Å². The van der Waals surface area contributed by atoms with E-state index in [1.54, 1.807) is 11.9 Å². The van der Waals surface area contributed by atoms with Gasteiger partial charge in [0.1, 0.15) is 0 Å². The summed E-state index contributed by atoms with van der Waals surface area (Å²) >= 11 is 0. The van der Waals surface area contributed by atoms with Crippen molar-refractivity contribution in [3.05, 3.63) is 54.6 Å². The molecular weight excluding hydrogens is 236 g/mol. The molecule has 0 aromatic heterocycles. The zero-order valence-corrected chi connectivity index (χ0v) is 11.3. The number of nitrogens with one attached hydrogen (secondary N) is 1. The van der Waals surface area contributed by atoms with E-state index >= 15 is 0 Å². The van der Waals surface area contributed by atoms with Crippen LogP contribution in [0.25, 0.3) is 11.1 Å². The Labute approximate surface area is 113 Å². The molecule has 0 saturated carbocycles. The minimum absolute atomic E-state index is 0.0918. The Kier molecular flexibility index (Phi) is 4.18. The molecule has 0 aliphatic rings. The number of urea groups is 1. The van der Waals surface area contributed by atoms with Crippen LogP contribution in [0.2, 0.25) is 0 Å². The lowest BCUT2D eigenvalue weighted by atomic mass is 10.0. The Morgan fingerprint density at radius 3 is 2.37 bits per heavy atom. The van der Waals surface area contributed by atoms with Gasteiger partial charge in [-0.25, -0.2) is 4.79 Å². The number of carbonyl (C=O) groups is 1. The predicted molar refractivity (Wildman–Crippen MR) is 79.2 cm³/mol. The van der Waals surface area contributed by atoms with E-state index < -0.39 is 0 Å². The van der Waals surface area contributed by atoms with E-state index in [0.29, 0.717) is 6.54 Å². The SMILES string of the molecule is CCN(C)C(=O)Nc1ccccc1-c1ccccc1. The van der Waals surface area contributed by atoms with Crippen molar-refractivity contribution in [2.24, 2.45) is 0 Å². The predicted octanol–water partition coefficient (Wildman–Crippen LogP) is 3.84. The van der Waals surface area contributed by atoms with E-state index in [9.17, 15) is 4.79 Å². The first kappa shape index (κ1) is 13.1. The summed E-state index contributed by atoms with van der Waals surface area (Å²) in [6, 6.07) is 17.8. The highest BCUT2D eigenvalue weighted by Gasteiger charge is 2.10. The third-order valence-corrected chi connectivity index (χ3v) is 3.07. The third-order valence-electron chi connectivity index (χ3n) is 3.07. The number of amides is 2. The summed E-state index contributed by atoms with van der Waals surface area (Å²) in [6.45, 7) is 2.63. The van der Waals surface area contributed by atoms with Gasteiger partial charge in [0.25, 0.3) is 0 Å². The van der Waals surface area contributed by atoms with Crippen LogP contribution in [0, 0.1) is 0 Å². The lowest BCUT2D eigenvalue weighted by Gasteiger charge is -2.17. The van der Waals surface area contributed by atoms with Crippen molar-refractivity contribution in [3.63, 3.8) is 0 Å². The Morgan fingerprint density at radius 2 is 1.68 bits per heavy atom. The Bertz CT molecular complexity index is 552. The van der Waals surface area contributed by atoms with Gasteiger partial charge in [-0.05, 0) is 18.6 Å². The van der Waals surface area contributed by atoms with Gasteiger partial charge >= 0.3 is 6.03 Å². The minimum Gasteiger partial charge on any atom is -0.328 e. The molecule has 0 aliphatic heterocycles. The Morgan fingerprint density at radius 1 is 1.05 bits per heavy atom. The van der Waals surface area contributed by atoms with Crippen LogP contribution < -0.4 is 5.32 Å². The summed E-state index contributed by atoms with van der Waals surface area (Å²) in [7, 11) is 1.78. The summed E-state index contributed by atoms with van der Waals surface area (Å²) < 4.78 is 0. The topological polar surface area (TPSA) is 32.3 Å². The third kappa shape index (κ3) is 3.13. The molecule has 0 fully saturated rings. The van der Waals surface area contributed by atoms with Gasteiger partial charge in [-0.1, -0.05) is 48.5 Å². The zero-order chi connectivity index (χ0) is 13.7. The maximum Gasteiger partial charge on any atom is 0.321 e. The maximum absolute atomic E-state index is 11.9. The van der Waals surface area contributed by atoms with Crippen LogP contribution in [-0.4, -0.2) is 24.5 Å².